The molecule has 0 spiro atoms. The molecule has 30 heavy (non-hydrogen) atoms. The van der Waals surface area contributed by atoms with E-state index in [1.807, 2.05) is 35.2 Å². The van der Waals surface area contributed by atoms with Crippen LogP contribution in [0.4, 0.5) is 15.9 Å². The third-order valence-electron chi connectivity index (χ3n) is 5.12. The Morgan fingerprint density at radius 2 is 1.97 bits per heavy atom. The molecule has 154 valence electrons. The second kappa shape index (κ2) is 8.90. The molecule has 1 aromatic heterocycles. The quantitative estimate of drug-likeness (QED) is 0.672. The fraction of sp³-hybridized carbons (Fsp3) is 0.261. The molecule has 2 aromatic carbocycles. The normalized spacial score (nSPS) is 16.2. The number of nitrogens with one attached hydrogen (secondary N) is 1. The third-order valence-corrected chi connectivity index (χ3v) is 5.12. The molecule has 1 saturated heterocycles. The minimum atomic E-state index is -0.287. The highest BCUT2D eigenvalue weighted by Gasteiger charge is 2.28. The highest BCUT2D eigenvalue weighted by Crippen LogP contribution is 2.31. The number of rotatable bonds is 5. The smallest absolute Gasteiger partial charge is 0.263 e. The van der Waals surface area contributed by atoms with E-state index < -0.39 is 0 Å². The topological polar surface area (TPSA) is 67.4 Å². The van der Waals surface area contributed by atoms with E-state index in [9.17, 15) is 9.18 Å². The predicted molar refractivity (Wildman–Crippen MR) is 113 cm³/mol. The highest BCUT2D eigenvalue weighted by molar-refractivity contribution is 5.93. The van der Waals surface area contributed by atoms with Gasteiger partial charge in [0.25, 0.3) is 5.88 Å². The fourth-order valence-corrected chi connectivity index (χ4v) is 3.56. The monoisotopic (exact) mass is 406 g/mol. The molecular weight excluding hydrogens is 383 g/mol. The van der Waals surface area contributed by atoms with Crippen molar-refractivity contribution in [2.75, 3.05) is 23.3 Å². The summed E-state index contributed by atoms with van der Waals surface area (Å²) in [6.07, 6.45) is 4.84. The van der Waals surface area contributed by atoms with Gasteiger partial charge >= 0.3 is 0 Å². The largest absolute Gasteiger partial charge is 0.436 e. The van der Waals surface area contributed by atoms with Gasteiger partial charge in [0.05, 0.1) is 5.92 Å². The zero-order valence-electron chi connectivity index (χ0n) is 16.7. The lowest BCUT2D eigenvalue weighted by atomic mass is 9.97. The minimum Gasteiger partial charge on any atom is -0.436 e. The summed E-state index contributed by atoms with van der Waals surface area (Å²) < 4.78 is 19.4. The number of amides is 1. The van der Waals surface area contributed by atoms with Gasteiger partial charge in [0.2, 0.25) is 5.91 Å². The van der Waals surface area contributed by atoms with Crippen LogP contribution in [0.5, 0.6) is 11.6 Å². The van der Waals surface area contributed by atoms with Gasteiger partial charge in [0, 0.05) is 31.2 Å². The van der Waals surface area contributed by atoms with Crippen LogP contribution in [0.3, 0.4) is 0 Å². The Balaban J connectivity index is 1.47. The molecule has 0 radical (unpaired) electrons. The first-order valence-electron chi connectivity index (χ1n) is 9.96. The Morgan fingerprint density at radius 1 is 1.17 bits per heavy atom. The van der Waals surface area contributed by atoms with Gasteiger partial charge in [0.1, 0.15) is 11.6 Å². The molecule has 7 heteroatoms. The van der Waals surface area contributed by atoms with Gasteiger partial charge in [-0.1, -0.05) is 18.2 Å². The number of anilines is 2. The number of carbonyl (C=O) groups is 1. The lowest BCUT2D eigenvalue weighted by Crippen LogP contribution is -2.41. The summed E-state index contributed by atoms with van der Waals surface area (Å²) in [7, 11) is 0. The summed E-state index contributed by atoms with van der Waals surface area (Å²) in [6.45, 7) is 2.95. The molecule has 1 amide bonds. The second-order valence-electron chi connectivity index (χ2n) is 7.34. The summed E-state index contributed by atoms with van der Waals surface area (Å²) in [5, 5.41) is 2.91. The molecule has 0 aliphatic carbocycles. The molecule has 1 aliphatic rings. The maximum absolute atomic E-state index is 13.5. The van der Waals surface area contributed by atoms with Gasteiger partial charge in [-0.05, 0) is 55.7 Å². The van der Waals surface area contributed by atoms with Gasteiger partial charge in [0.15, 0.2) is 5.82 Å². The van der Waals surface area contributed by atoms with Crippen molar-refractivity contribution >= 4 is 17.4 Å². The Kier molecular flexibility index (Phi) is 5.88. The molecule has 6 nitrogen and oxygen atoms in total. The van der Waals surface area contributed by atoms with Crippen LogP contribution in [0.25, 0.3) is 0 Å². The lowest BCUT2D eigenvalue weighted by Gasteiger charge is -2.33. The number of nitrogens with zero attached hydrogens (tertiary/aromatic N) is 3. The van der Waals surface area contributed by atoms with Crippen molar-refractivity contribution in [3.63, 3.8) is 0 Å². The van der Waals surface area contributed by atoms with Crippen LogP contribution >= 0.6 is 0 Å². The molecule has 2 heterocycles. The second-order valence-corrected chi connectivity index (χ2v) is 7.34. The average Bonchev–Trinajstić information content (AvgIpc) is 2.77. The van der Waals surface area contributed by atoms with Crippen molar-refractivity contribution in [3.8, 4) is 11.6 Å². The Bertz CT molecular complexity index is 1030. The summed E-state index contributed by atoms with van der Waals surface area (Å²) in [5.41, 5.74) is 1.10. The maximum atomic E-state index is 13.5. The van der Waals surface area contributed by atoms with Crippen molar-refractivity contribution in [2.45, 2.75) is 19.8 Å². The molecule has 1 N–H and O–H groups in total. The van der Waals surface area contributed by atoms with Crippen molar-refractivity contribution in [3.05, 3.63) is 72.3 Å². The van der Waals surface area contributed by atoms with Crippen molar-refractivity contribution < 1.29 is 13.9 Å². The van der Waals surface area contributed by atoms with Gasteiger partial charge in [-0.3, -0.25) is 4.79 Å². The van der Waals surface area contributed by atoms with E-state index in [-0.39, 0.29) is 17.6 Å². The van der Waals surface area contributed by atoms with E-state index in [4.69, 9.17) is 4.74 Å². The maximum Gasteiger partial charge on any atom is 0.263 e. The Hall–Kier alpha value is -3.48. The highest BCUT2D eigenvalue weighted by atomic mass is 19.1. The number of piperidine rings is 1. The molecular formula is C23H23FN4O2. The zero-order chi connectivity index (χ0) is 20.9. The van der Waals surface area contributed by atoms with Gasteiger partial charge in [-0.15, -0.1) is 0 Å². The molecule has 0 saturated carbocycles. The summed E-state index contributed by atoms with van der Waals surface area (Å²) >= 11 is 0. The van der Waals surface area contributed by atoms with Crippen LogP contribution in [0.15, 0.2) is 60.9 Å². The molecule has 1 aliphatic heterocycles. The number of carbonyl (C=O) groups excluding carboxylic acids is 1. The summed E-state index contributed by atoms with van der Waals surface area (Å²) in [6, 6.07) is 14.0. The van der Waals surface area contributed by atoms with E-state index in [1.54, 1.807) is 31.5 Å². The number of hydrogen-bond acceptors (Lipinski definition) is 5. The van der Waals surface area contributed by atoms with E-state index in [0.717, 1.165) is 19.4 Å². The van der Waals surface area contributed by atoms with Crippen LogP contribution < -0.4 is 15.0 Å². The number of halogens is 1. The van der Waals surface area contributed by atoms with Crippen LogP contribution in [0, 0.1) is 18.7 Å². The van der Waals surface area contributed by atoms with Crippen LogP contribution in [-0.2, 0) is 4.79 Å². The van der Waals surface area contributed by atoms with Crippen LogP contribution in [-0.4, -0.2) is 29.0 Å². The van der Waals surface area contributed by atoms with E-state index in [0.29, 0.717) is 35.2 Å². The molecule has 1 unspecified atom stereocenters. The van der Waals surface area contributed by atoms with E-state index in [2.05, 4.69) is 15.3 Å². The number of benzene rings is 2. The molecule has 0 bridgehead atoms. The Morgan fingerprint density at radius 3 is 2.77 bits per heavy atom. The molecule has 1 fully saturated rings. The van der Waals surface area contributed by atoms with Gasteiger partial charge in [-0.25, -0.2) is 14.4 Å². The Labute approximate surface area is 174 Å². The van der Waals surface area contributed by atoms with Gasteiger partial charge < -0.3 is 15.0 Å². The first-order valence-corrected chi connectivity index (χ1v) is 9.96. The lowest BCUT2D eigenvalue weighted by molar-refractivity contribution is -0.120. The van der Waals surface area contributed by atoms with Crippen molar-refractivity contribution in [2.24, 2.45) is 5.92 Å². The number of aryl methyl sites for hydroxylation is 1. The minimum absolute atomic E-state index is 0.0832. The number of hydrogen-bond donors (Lipinski definition) is 1. The van der Waals surface area contributed by atoms with Crippen LogP contribution in [0.1, 0.15) is 18.4 Å². The predicted octanol–water partition coefficient (Wildman–Crippen LogP) is 4.57. The average molecular weight is 406 g/mol. The van der Waals surface area contributed by atoms with Gasteiger partial charge in [-0.2, -0.15) is 0 Å². The van der Waals surface area contributed by atoms with Crippen molar-refractivity contribution in [1.29, 1.82) is 0 Å². The summed E-state index contributed by atoms with van der Waals surface area (Å²) in [5.74, 6) is 1.13. The van der Waals surface area contributed by atoms with E-state index >= 15 is 0 Å². The molecule has 1 atom stereocenters. The first-order chi connectivity index (χ1) is 14.6. The number of para-hydroxylation sites is 1. The van der Waals surface area contributed by atoms with E-state index in [1.165, 1.54) is 6.07 Å². The third kappa shape index (κ3) is 4.56. The fourth-order valence-electron chi connectivity index (χ4n) is 3.56. The molecule has 4 rings (SSSR count). The number of aromatic nitrogens is 2. The number of ether oxygens (including phenoxy) is 1. The van der Waals surface area contributed by atoms with Crippen LogP contribution in [0.2, 0.25) is 0 Å². The van der Waals surface area contributed by atoms with Crippen molar-refractivity contribution in [1.82, 2.24) is 9.97 Å². The standard InChI is InChI=1S/C23H23FN4O2/c1-16-14-18(9-10-20(16)24)27-22(29)17-6-5-13-28(15-17)21-23(26-12-11-25-21)30-19-7-3-2-4-8-19/h2-4,7-12,14,17H,5-6,13,15H2,1H3,(H,27,29). The summed E-state index contributed by atoms with van der Waals surface area (Å²) in [4.78, 5) is 23.7. The zero-order valence-corrected chi connectivity index (χ0v) is 16.7. The molecule has 3 aromatic rings. The first kappa shape index (κ1) is 19.8. The SMILES string of the molecule is Cc1cc(NC(=O)C2CCCN(c3nccnc3Oc3ccccc3)C2)ccc1F.